The van der Waals surface area contributed by atoms with Crippen LogP contribution in [0.4, 0.5) is 5.13 Å². The van der Waals surface area contributed by atoms with Gasteiger partial charge in [-0.1, -0.05) is 35.2 Å². The number of carbonyl (C=O) groups excluding carboxylic acids is 1. The number of thiazole rings is 1. The van der Waals surface area contributed by atoms with Gasteiger partial charge in [0.15, 0.2) is 10.8 Å². The number of ether oxygens (including phenoxy) is 1. The molecule has 0 bridgehead atoms. The average Bonchev–Trinajstić information content (AvgIpc) is 3.40. The summed E-state index contributed by atoms with van der Waals surface area (Å²) < 4.78 is 6.10. The highest BCUT2D eigenvalue weighted by atomic mass is 32.2. The molecule has 2 aromatic heterocycles. The monoisotopic (exact) mass is 415 g/mol. The van der Waals surface area contributed by atoms with Crippen LogP contribution in [0.5, 0.6) is 5.75 Å². The van der Waals surface area contributed by atoms with Crippen LogP contribution < -0.4 is 15.0 Å². The molecule has 1 fully saturated rings. The van der Waals surface area contributed by atoms with Gasteiger partial charge in [0.1, 0.15) is 21.8 Å². The third-order valence-electron chi connectivity index (χ3n) is 4.51. The van der Waals surface area contributed by atoms with Gasteiger partial charge >= 0.3 is 0 Å². The minimum Gasteiger partial charge on any atom is -0.497 e. The fourth-order valence-electron chi connectivity index (χ4n) is 3.00. The van der Waals surface area contributed by atoms with Crippen LogP contribution in [-0.2, 0) is 11.3 Å². The summed E-state index contributed by atoms with van der Waals surface area (Å²) in [5.41, 5.74) is 1.74. The van der Waals surface area contributed by atoms with E-state index in [1.807, 2.05) is 24.3 Å². The summed E-state index contributed by atoms with van der Waals surface area (Å²) >= 11 is 3.04. The molecule has 1 aromatic carbocycles. The molecule has 3 heterocycles. The fraction of sp³-hybridized carbons (Fsp3) is 0.368. The quantitative estimate of drug-likeness (QED) is 0.469. The lowest BCUT2D eigenvalue weighted by atomic mass is 10.2. The molecule has 0 spiro atoms. The largest absolute Gasteiger partial charge is 0.497 e. The van der Waals surface area contributed by atoms with Crippen LogP contribution in [0.2, 0.25) is 0 Å². The Balaban J connectivity index is 1.35. The van der Waals surface area contributed by atoms with E-state index < -0.39 is 0 Å². The molecule has 0 unspecified atom stereocenters. The Labute approximate surface area is 171 Å². The molecule has 3 aromatic rings. The number of benzene rings is 1. The first-order valence-electron chi connectivity index (χ1n) is 9.12. The SMILES string of the molecule is COc1ccc(CNC(=O)CSc2ncnc3nc(N4CCCC4)sc23)cc1. The lowest BCUT2D eigenvalue weighted by molar-refractivity contribution is -0.118. The van der Waals surface area contributed by atoms with Gasteiger partial charge in [-0.05, 0) is 30.5 Å². The number of anilines is 1. The minimum absolute atomic E-state index is 0.0307. The van der Waals surface area contributed by atoms with Gasteiger partial charge < -0.3 is 15.0 Å². The Morgan fingerprint density at radius 2 is 2.04 bits per heavy atom. The Hall–Kier alpha value is -2.39. The van der Waals surface area contributed by atoms with Crippen molar-refractivity contribution in [3.8, 4) is 5.75 Å². The number of aromatic nitrogens is 3. The van der Waals surface area contributed by atoms with E-state index in [4.69, 9.17) is 4.74 Å². The summed E-state index contributed by atoms with van der Waals surface area (Å²) in [5, 5.41) is 4.75. The fourth-order valence-corrected chi connectivity index (χ4v) is 4.97. The highest BCUT2D eigenvalue weighted by molar-refractivity contribution is 8.00. The smallest absolute Gasteiger partial charge is 0.230 e. The van der Waals surface area contributed by atoms with Crippen molar-refractivity contribution < 1.29 is 9.53 Å². The van der Waals surface area contributed by atoms with Gasteiger partial charge in [-0.2, -0.15) is 4.98 Å². The van der Waals surface area contributed by atoms with E-state index in [2.05, 4.69) is 25.2 Å². The molecule has 1 amide bonds. The Morgan fingerprint density at radius 3 is 2.79 bits per heavy atom. The topological polar surface area (TPSA) is 80.2 Å². The van der Waals surface area contributed by atoms with E-state index in [1.54, 1.807) is 18.4 Å². The highest BCUT2D eigenvalue weighted by Gasteiger charge is 2.19. The molecule has 9 heteroatoms. The Kier molecular flexibility index (Phi) is 5.92. The van der Waals surface area contributed by atoms with Crippen LogP contribution in [-0.4, -0.2) is 46.8 Å². The molecule has 0 atom stereocenters. The van der Waals surface area contributed by atoms with Gasteiger partial charge in [-0.25, -0.2) is 9.97 Å². The number of fused-ring (bicyclic) bond motifs is 1. The number of nitrogens with one attached hydrogen (secondary N) is 1. The third-order valence-corrected chi connectivity index (χ3v) is 6.74. The molecule has 7 nitrogen and oxygen atoms in total. The molecule has 1 aliphatic heterocycles. The molecule has 0 saturated carbocycles. The number of amides is 1. The molecule has 1 aliphatic rings. The van der Waals surface area contributed by atoms with Crippen molar-refractivity contribution in [3.63, 3.8) is 0 Å². The second-order valence-electron chi connectivity index (χ2n) is 6.44. The molecule has 146 valence electrons. The van der Waals surface area contributed by atoms with Crippen LogP contribution in [0, 0.1) is 0 Å². The molecule has 28 heavy (non-hydrogen) atoms. The minimum atomic E-state index is -0.0307. The average molecular weight is 416 g/mol. The number of hydrogen-bond donors (Lipinski definition) is 1. The van der Waals surface area contributed by atoms with Crippen molar-refractivity contribution in [2.75, 3.05) is 30.9 Å². The van der Waals surface area contributed by atoms with Gasteiger partial charge in [0, 0.05) is 19.6 Å². The number of carbonyl (C=O) groups is 1. The van der Waals surface area contributed by atoms with Gasteiger partial charge in [-0.3, -0.25) is 4.79 Å². The van der Waals surface area contributed by atoms with Crippen LogP contribution in [0.3, 0.4) is 0 Å². The summed E-state index contributed by atoms with van der Waals surface area (Å²) in [6.07, 6.45) is 3.93. The zero-order valence-corrected chi connectivity index (χ0v) is 17.2. The molecule has 0 aliphatic carbocycles. The lowest BCUT2D eigenvalue weighted by Crippen LogP contribution is -2.24. The van der Waals surface area contributed by atoms with Crippen LogP contribution in [0.1, 0.15) is 18.4 Å². The predicted molar refractivity (Wildman–Crippen MR) is 112 cm³/mol. The molecule has 0 radical (unpaired) electrons. The van der Waals surface area contributed by atoms with Crippen molar-refractivity contribution in [3.05, 3.63) is 36.2 Å². The van der Waals surface area contributed by atoms with Crippen LogP contribution >= 0.6 is 23.1 Å². The van der Waals surface area contributed by atoms with E-state index in [0.29, 0.717) is 17.9 Å². The summed E-state index contributed by atoms with van der Waals surface area (Å²) in [7, 11) is 1.63. The lowest BCUT2D eigenvalue weighted by Gasteiger charge is -2.11. The number of hydrogen-bond acceptors (Lipinski definition) is 8. The van der Waals surface area contributed by atoms with Crippen molar-refractivity contribution in [2.45, 2.75) is 24.4 Å². The summed E-state index contributed by atoms with van der Waals surface area (Å²) in [6, 6.07) is 7.65. The van der Waals surface area contributed by atoms with Crippen molar-refractivity contribution in [1.29, 1.82) is 0 Å². The maximum Gasteiger partial charge on any atom is 0.230 e. The van der Waals surface area contributed by atoms with Gasteiger partial charge in [-0.15, -0.1) is 0 Å². The first-order chi connectivity index (χ1) is 13.7. The van der Waals surface area contributed by atoms with Gasteiger partial charge in [0.05, 0.1) is 12.9 Å². The van der Waals surface area contributed by atoms with Gasteiger partial charge in [0.2, 0.25) is 5.91 Å². The number of thioether (sulfide) groups is 1. The van der Waals surface area contributed by atoms with Crippen LogP contribution in [0.25, 0.3) is 10.3 Å². The zero-order chi connectivity index (χ0) is 19.3. The zero-order valence-electron chi connectivity index (χ0n) is 15.6. The molecule has 1 saturated heterocycles. The number of methoxy groups -OCH3 is 1. The maximum atomic E-state index is 12.2. The predicted octanol–water partition coefficient (Wildman–Crippen LogP) is 3.10. The maximum absolute atomic E-state index is 12.2. The second-order valence-corrected chi connectivity index (χ2v) is 8.38. The van der Waals surface area contributed by atoms with Crippen molar-refractivity contribution >= 4 is 44.5 Å². The number of rotatable bonds is 7. The normalized spacial score (nSPS) is 13.8. The van der Waals surface area contributed by atoms with E-state index in [0.717, 1.165) is 39.3 Å². The highest BCUT2D eigenvalue weighted by Crippen LogP contribution is 2.34. The van der Waals surface area contributed by atoms with Gasteiger partial charge in [0.25, 0.3) is 0 Å². The molecule has 4 rings (SSSR count). The molecular formula is C19H21N5O2S2. The number of nitrogens with zero attached hydrogens (tertiary/aromatic N) is 4. The standard InChI is InChI=1S/C19H21N5O2S2/c1-26-14-6-4-13(5-7-14)10-20-15(25)11-27-18-16-17(21-12-22-18)23-19(28-16)24-8-2-3-9-24/h4-7,12H,2-3,8-11H2,1H3,(H,20,25). The second kappa shape index (κ2) is 8.74. The van der Waals surface area contributed by atoms with Crippen LogP contribution in [0.15, 0.2) is 35.6 Å². The Morgan fingerprint density at radius 1 is 1.25 bits per heavy atom. The summed E-state index contributed by atoms with van der Waals surface area (Å²) in [5.74, 6) is 1.08. The summed E-state index contributed by atoms with van der Waals surface area (Å²) in [4.78, 5) is 27.8. The van der Waals surface area contributed by atoms with Crippen molar-refractivity contribution in [1.82, 2.24) is 20.3 Å². The van der Waals surface area contributed by atoms with E-state index >= 15 is 0 Å². The summed E-state index contributed by atoms with van der Waals surface area (Å²) in [6.45, 7) is 2.58. The van der Waals surface area contributed by atoms with E-state index in [1.165, 1.54) is 30.9 Å². The van der Waals surface area contributed by atoms with E-state index in [-0.39, 0.29) is 5.91 Å². The van der Waals surface area contributed by atoms with Crippen molar-refractivity contribution in [2.24, 2.45) is 0 Å². The molecular weight excluding hydrogens is 394 g/mol. The first-order valence-corrected chi connectivity index (χ1v) is 10.9. The van der Waals surface area contributed by atoms with E-state index in [9.17, 15) is 4.79 Å². The molecule has 1 N–H and O–H groups in total. The Bertz CT molecular complexity index is 955. The third kappa shape index (κ3) is 4.36. The first kappa shape index (κ1) is 18.9.